The summed E-state index contributed by atoms with van der Waals surface area (Å²) in [4.78, 5) is 18.2. The van der Waals surface area contributed by atoms with Crippen LogP contribution in [0.25, 0.3) is 27.6 Å². The third kappa shape index (κ3) is 6.58. The van der Waals surface area contributed by atoms with Gasteiger partial charge in [0, 0.05) is 35.8 Å². The van der Waals surface area contributed by atoms with Gasteiger partial charge in [-0.2, -0.15) is 0 Å². The first kappa shape index (κ1) is 28.6. The number of aromatic nitrogens is 1. The molecule has 38 heavy (non-hydrogen) atoms. The SMILES string of the molecule is C=C(C)c1cnc2cc(C)c(-c3cc(Cl)c(C=O)c(Cl)c3)cc2c1NC1CCCCC1.CN1CCC(N)C1. The molecule has 0 spiro atoms. The van der Waals surface area contributed by atoms with Gasteiger partial charge in [0.1, 0.15) is 0 Å². The van der Waals surface area contributed by atoms with Crippen LogP contribution in [0.15, 0.2) is 37.0 Å². The number of pyridine rings is 1. The molecular weight excluding hydrogens is 515 g/mol. The highest BCUT2D eigenvalue weighted by atomic mass is 35.5. The van der Waals surface area contributed by atoms with Gasteiger partial charge in [-0.15, -0.1) is 0 Å². The number of aldehydes is 1. The Bertz CT molecular complexity index is 1300. The van der Waals surface area contributed by atoms with Crippen LogP contribution in [0.5, 0.6) is 0 Å². The molecule has 1 atom stereocenters. The molecular formula is C31H38Cl2N4O. The molecule has 2 fully saturated rings. The first-order valence-corrected chi connectivity index (χ1v) is 14.2. The topological polar surface area (TPSA) is 71.2 Å². The maximum atomic E-state index is 11.3. The van der Waals surface area contributed by atoms with E-state index in [1.807, 2.05) is 20.0 Å². The molecule has 2 aromatic carbocycles. The summed E-state index contributed by atoms with van der Waals surface area (Å²) >= 11 is 12.7. The van der Waals surface area contributed by atoms with Gasteiger partial charge in [-0.25, -0.2) is 0 Å². The lowest BCUT2D eigenvalue weighted by Gasteiger charge is -2.26. The largest absolute Gasteiger partial charge is 0.381 e. The Hall–Kier alpha value is -2.44. The van der Waals surface area contributed by atoms with Gasteiger partial charge in [-0.1, -0.05) is 49.0 Å². The highest BCUT2D eigenvalue weighted by molar-refractivity contribution is 6.39. The van der Waals surface area contributed by atoms with Crippen LogP contribution in [-0.2, 0) is 0 Å². The summed E-state index contributed by atoms with van der Waals surface area (Å²) in [5.74, 6) is 0. The highest BCUT2D eigenvalue weighted by Crippen LogP contribution is 2.38. The normalized spacial score (nSPS) is 18.2. The van der Waals surface area contributed by atoms with Crippen molar-refractivity contribution in [2.24, 2.45) is 5.73 Å². The van der Waals surface area contributed by atoms with Crippen LogP contribution >= 0.6 is 23.2 Å². The average Bonchev–Trinajstić information content (AvgIpc) is 3.26. The van der Waals surface area contributed by atoms with Gasteiger partial charge < -0.3 is 16.0 Å². The molecule has 3 aromatic rings. The number of likely N-dealkylation sites (N-methyl/N-ethyl adjacent to an activating group) is 1. The number of hydrogen-bond donors (Lipinski definition) is 2. The Labute approximate surface area is 236 Å². The fourth-order valence-corrected chi connectivity index (χ4v) is 5.98. The van der Waals surface area contributed by atoms with Crippen LogP contribution in [-0.4, -0.2) is 48.4 Å². The number of hydrogen-bond acceptors (Lipinski definition) is 5. The van der Waals surface area contributed by atoms with Crippen molar-refractivity contribution in [1.82, 2.24) is 9.88 Å². The van der Waals surface area contributed by atoms with Crippen molar-refractivity contribution in [1.29, 1.82) is 0 Å². The number of allylic oxidation sites excluding steroid dienone is 1. The zero-order valence-electron chi connectivity index (χ0n) is 22.6. The third-order valence-electron chi connectivity index (χ3n) is 7.56. The standard InChI is InChI=1S/C26H26Cl2N2O.C5H12N2/c1-15(2)21-13-29-25-9-16(3)19(17-10-23(27)22(14-31)24(28)11-17)12-20(25)26(21)30-18-7-5-4-6-8-18;1-7-3-2-5(6)4-7/h9-14,18H,1,4-8H2,2-3H3,(H,29,30);5H,2-4,6H2,1H3. The number of anilines is 1. The number of nitrogens with zero attached hydrogens (tertiary/aromatic N) is 2. The number of aryl methyl sites for hydroxylation is 1. The number of carbonyl (C=O) groups excluding carboxylic acids is 1. The molecule has 2 heterocycles. The van der Waals surface area contributed by atoms with E-state index in [2.05, 4.69) is 36.0 Å². The lowest BCUT2D eigenvalue weighted by atomic mass is 9.93. The predicted octanol–water partition coefficient (Wildman–Crippen LogP) is 7.76. The first-order chi connectivity index (χ1) is 18.2. The fraction of sp³-hybridized carbons (Fsp3) is 0.419. The van der Waals surface area contributed by atoms with Gasteiger partial charge in [-0.05, 0) is 93.2 Å². The minimum absolute atomic E-state index is 0.316. The molecule has 0 radical (unpaired) electrons. The van der Waals surface area contributed by atoms with Crippen molar-refractivity contribution in [3.05, 3.63) is 63.8 Å². The number of nitrogens with one attached hydrogen (secondary N) is 1. The molecule has 5 nitrogen and oxygen atoms in total. The molecule has 0 bridgehead atoms. The Morgan fingerprint density at radius 3 is 2.34 bits per heavy atom. The Balaban J connectivity index is 0.000000417. The third-order valence-corrected chi connectivity index (χ3v) is 8.19. The van der Waals surface area contributed by atoms with E-state index in [4.69, 9.17) is 33.9 Å². The number of rotatable bonds is 5. The maximum Gasteiger partial charge on any atom is 0.153 e. The van der Waals surface area contributed by atoms with E-state index in [1.165, 1.54) is 45.1 Å². The van der Waals surface area contributed by atoms with Gasteiger partial charge >= 0.3 is 0 Å². The van der Waals surface area contributed by atoms with Crippen LogP contribution in [0.4, 0.5) is 5.69 Å². The molecule has 1 aliphatic carbocycles. The summed E-state index contributed by atoms with van der Waals surface area (Å²) in [5, 5.41) is 5.57. The molecule has 1 aliphatic heterocycles. The number of nitrogens with two attached hydrogens (primary N) is 1. The van der Waals surface area contributed by atoms with E-state index in [-0.39, 0.29) is 0 Å². The van der Waals surface area contributed by atoms with E-state index in [1.54, 1.807) is 12.1 Å². The van der Waals surface area contributed by atoms with Crippen molar-refractivity contribution in [2.45, 2.75) is 64.5 Å². The second-order valence-corrected chi connectivity index (χ2v) is 11.6. The summed E-state index contributed by atoms with van der Waals surface area (Å²) in [6, 6.07) is 8.75. The van der Waals surface area contributed by atoms with Crippen LogP contribution in [0.2, 0.25) is 10.0 Å². The summed E-state index contributed by atoms with van der Waals surface area (Å²) < 4.78 is 0. The fourth-order valence-electron chi connectivity index (χ4n) is 5.41. The van der Waals surface area contributed by atoms with Gasteiger partial charge in [0.15, 0.2) is 6.29 Å². The minimum Gasteiger partial charge on any atom is -0.381 e. The minimum atomic E-state index is 0.316. The summed E-state index contributed by atoms with van der Waals surface area (Å²) in [7, 11) is 2.10. The van der Waals surface area contributed by atoms with Crippen molar-refractivity contribution in [3.63, 3.8) is 0 Å². The van der Waals surface area contributed by atoms with Crippen molar-refractivity contribution in [3.8, 4) is 11.1 Å². The summed E-state index contributed by atoms with van der Waals surface area (Å²) in [5.41, 5.74) is 12.9. The Morgan fingerprint density at radius 1 is 1.13 bits per heavy atom. The van der Waals surface area contributed by atoms with Gasteiger partial charge in [0.25, 0.3) is 0 Å². The van der Waals surface area contributed by atoms with Gasteiger partial charge in [0.2, 0.25) is 0 Å². The van der Waals surface area contributed by atoms with Crippen LogP contribution in [0.3, 0.4) is 0 Å². The van der Waals surface area contributed by atoms with Crippen molar-refractivity contribution in [2.75, 3.05) is 25.5 Å². The van der Waals surface area contributed by atoms with Gasteiger partial charge in [-0.3, -0.25) is 9.78 Å². The van der Waals surface area contributed by atoms with E-state index in [9.17, 15) is 4.79 Å². The smallest absolute Gasteiger partial charge is 0.153 e. The number of fused-ring (bicyclic) bond motifs is 1. The van der Waals surface area contributed by atoms with Crippen LogP contribution in [0.1, 0.15) is 66.9 Å². The van der Waals surface area contributed by atoms with E-state index < -0.39 is 0 Å². The first-order valence-electron chi connectivity index (χ1n) is 13.4. The lowest BCUT2D eigenvalue weighted by Crippen LogP contribution is -2.23. The molecule has 202 valence electrons. The molecule has 2 aliphatic rings. The lowest BCUT2D eigenvalue weighted by molar-refractivity contribution is 0.112. The van der Waals surface area contributed by atoms with E-state index in [0.29, 0.717) is 34.0 Å². The second kappa shape index (κ2) is 12.6. The Morgan fingerprint density at radius 2 is 1.82 bits per heavy atom. The summed E-state index contributed by atoms with van der Waals surface area (Å²) in [6.07, 6.45) is 9.97. The van der Waals surface area contributed by atoms with E-state index >= 15 is 0 Å². The monoisotopic (exact) mass is 552 g/mol. The number of halogens is 2. The Kier molecular flexibility index (Phi) is 9.48. The zero-order valence-corrected chi connectivity index (χ0v) is 24.1. The van der Waals surface area contributed by atoms with Crippen molar-refractivity contribution < 1.29 is 4.79 Å². The second-order valence-electron chi connectivity index (χ2n) is 10.8. The molecule has 0 amide bonds. The van der Waals surface area contributed by atoms with Gasteiger partial charge in [0.05, 0.1) is 26.8 Å². The number of likely N-dealkylation sites (tertiary alicyclic amines) is 1. The molecule has 7 heteroatoms. The van der Waals surface area contributed by atoms with E-state index in [0.717, 1.165) is 51.0 Å². The van der Waals surface area contributed by atoms with Crippen molar-refractivity contribution >= 4 is 51.7 Å². The number of carbonyl (C=O) groups is 1. The average molecular weight is 554 g/mol. The quantitative estimate of drug-likeness (QED) is 0.316. The molecule has 1 saturated heterocycles. The predicted molar refractivity (Wildman–Crippen MR) is 163 cm³/mol. The summed E-state index contributed by atoms with van der Waals surface area (Å²) in [6.45, 7) is 10.5. The van der Waals surface area contributed by atoms with Crippen LogP contribution in [0, 0.1) is 6.92 Å². The highest BCUT2D eigenvalue weighted by Gasteiger charge is 2.19. The van der Waals surface area contributed by atoms with Crippen LogP contribution < -0.4 is 11.1 Å². The zero-order chi connectivity index (χ0) is 27.4. The molecule has 5 rings (SSSR count). The molecule has 1 unspecified atom stereocenters. The molecule has 3 N–H and O–H groups in total. The molecule has 1 saturated carbocycles. The molecule has 1 aromatic heterocycles. The number of benzene rings is 2. The maximum absolute atomic E-state index is 11.3.